The Labute approximate surface area is 158 Å². The van der Waals surface area contributed by atoms with Crippen molar-refractivity contribution < 1.29 is 13.2 Å². The van der Waals surface area contributed by atoms with Gasteiger partial charge in [-0.3, -0.25) is 4.79 Å². The summed E-state index contributed by atoms with van der Waals surface area (Å²) in [5.74, 6) is 0.0770. The fourth-order valence-corrected chi connectivity index (χ4v) is 4.82. The number of piperidine rings is 1. The van der Waals surface area contributed by atoms with E-state index in [0.29, 0.717) is 18.1 Å². The number of hydrogen-bond donors (Lipinski definition) is 1. The van der Waals surface area contributed by atoms with Crippen LogP contribution in [0.15, 0.2) is 58.6 Å². The fourth-order valence-electron chi connectivity index (χ4n) is 2.72. The van der Waals surface area contributed by atoms with Crippen LogP contribution < -0.4 is 5.32 Å². The number of carbonyl (C=O) groups is 1. The van der Waals surface area contributed by atoms with Crippen molar-refractivity contribution >= 4 is 33.4 Å². The molecule has 1 fully saturated rings. The van der Waals surface area contributed by atoms with E-state index in [-0.39, 0.29) is 16.6 Å². The number of aromatic nitrogens is 1. The van der Waals surface area contributed by atoms with E-state index >= 15 is 0 Å². The zero-order chi connectivity index (χ0) is 18.4. The standard InChI is InChI=1S/C18H21N3O3S2/c22-17(20-15-7-3-1-4-8-15)14-25-18-10-9-16(13-19-18)26(23,24)21-11-5-2-6-12-21/h1,3-4,7-10,13H,2,5-6,11-12,14H2,(H,20,22). The smallest absolute Gasteiger partial charge is 0.244 e. The summed E-state index contributed by atoms with van der Waals surface area (Å²) >= 11 is 1.27. The number of rotatable bonds is 6. The number of nitrogens with one attached hydrogen (secondary N) is 1. The van der Waals surface area contributed by atoms with E-state index in [2.05, 4.69) is 10.3 Å². The van der Waals surface area contributed by atoms with Gasteiger partial charge in [-0.25, -0.2) is 13.4 Å². The zero-order valence-corrected chi connectivity index (χ0v) is 15.9. The molecule has 0 radical (unpaired) electrons. The van der Waals surface area contributed by atoms with Crippen LogP contribution >= 0.6 is 11.8 Å². The summed E-state index contributed by atoms with van der Waals surface area (Å²) in [5.41, 5.74) is 0.744. The lowest BCUT2D eigenvalue weighted by molar-refractivity contribution is -0.113. The summed E-state index contributed by atoms with van der Waals surface area (Å²) in [7, 11) is -3.47. The van der Waals surface area contributed by atoms with E-state index in [4.69, 9.17) is 0 Å². The summed E-state index contributed by atoms with van der Waals surface area (Å²) in [6, 6.07) is 12.4. The lowest BCUT2D eigenvalue weighted by Crippen LogP contribution is -2.35. The normalized spacial score (nSPS) is 15.5. The number of sulfonamides is 1. The Kier molecular flexibility index (Phi) is 6.29. The predicted octanol–water partition coefficient (Wildman–Crippen LogP) is 2.99. The number of carbonyl (C=O) groups excluding carboxylic acids is 1. The first-order valence-electron chi connectivity index (χ1n) is 8.49. The molecule has 1 amide bonds. The molecule has 8 heteroatoms. The van der Waals surface area contributed by atoms with Gasteiger partial charge in [-0.05, 0) is 37.1 Å². The molecule has 1 N–H and O–H groups in total. The van der Waals surface area contributed by atoms with Gasteiger partial charge in [0, 0.05) is 25.0 Å². The Hall–Kier alpha value is -1.90. The monoisotopic (exact) mass is 391 g/mol. The summed E-state index contributed by atoms with van der Waals surface area (Å²) in [6.45, 7) is 1.14. The van der Waals surface area contributed by atoms with Crippen LogP contribution in [-0.2, 0) is 14.8 Å². The van der Waals surface area contributed by atoms with Gasteiger partial charge in [0.1, 0.15) is 4.90 Å². The molecule has 26 heavy (non-hydrogen) atoms. The van der Waals surface area contributed by atoms with Gasteiger partial charge in [-0.2, -0.15) is 4.31 Å². The molecule has 3 rings (SSSR count). The van der Waals surface area contributed by atoms with Crippen LogP contribution in [-0.4, -0.2) is 42.5 Å². The Bertz CT molecular complexity index is 834. The Morgan fingerprint density at radius 1 is 1.08 bits per heavy atom. The zero-order valence-electron chi connectivity index (χ0n) is 14.3. The van der Waals surface area contributed by atoms with E-state index < -0.39 is 10.0 Å². The van der Waals surface area contributed by atoms with Crippen LogP contribution in [0.5, 0.6) is 0 Å². The molecular formula is C18H21N3O3S2. The molecule has 1 saturated heterocycles. The third-order valence-electron chi connectivity index (χ3n) is 4.07. The number of benzene rings is 1. The second kappa shape index (κ2) is 8.66. The number of pyridine rings is 1. The van der Waals surface area contributed by atoms with Crippen molar-refractivity contribution in [1.82, 2.24) is 9.29 Å². The van der Waals surface area contributed by atoms with E-state index in [1.54, 1.807) is 12.1 Å². The van der Waals surface area contributed by atoms with Crippen molar-refractivity contribution in [3.05, 3.63) is 48.7 Å². The molecule has 0 bridgehead atoms. The molecule has 1 aliphatic rings. The summed E-state index contributed by atoms with van der Waals surface area (Å²) < 4.78 is 26.7. The number of amides is 1. The lowest BCUT2D eigenvalue weighted by atomic mass is 10.2. The van der Waals surface area contributed by atoms with E-state index in [9.17, 15) is 13.2 Å². The third kappa shape index (κ3) is 4.84. The van der Waals surface area contributed by atoms with Crippen LogP contribution in [0.1, 0.15) is 19.3 Å². The molecular weight excluding hydrogens is 370 g/mol. The summed E-state index contributed by atoms with van der Waals surface area (Å²) in [6.07, 6.45) is 4.25. The quantitative estimate of drug-likeness (QED) is 0.766. The molecule has 1 aromatic carbocycles. The predicted molar refractivity (Wildman–Crippen MR) is 103 cm³/mol. The van der Waals surface area contributed by atoms with Crippen molar-refractivity contribution in [3.63, 3.8) is 0 Å². The minimum absolute atomic E-state index is 0.131. The van der Waals surface area contributed by atoms with E-state index in [0.717, 1.165) is 24.9 Å². The second-order valence-corrected chi connectivity index (χ2v) is 8.93. The minimum atomic E-state index is -3.47. The van der Waals surface area contributed by atoms with Crippen LogP contribution in [0, 0.1) is 0 Å². The summed E-state index contributed by atoms with van der Waals surface area (Å²) in [4.78, 5) is 16.4. The number of nitrogens with zero attached hydrogens (tertiary/aromatic N) is 2. The van der Waals surface area contributed by atoms with Crippen molar-refractivity contribution in [3.8, 4) is 0 Å². The van der Waals surface area contributed by atoms with E-state index in [1.807, 2.05) is 30.3 Å². The van der Waals surface area contributed by atoms with Gasteiger partial charge in [-0.1, -0.05) is 36.4 Å². The van der Waals surface area contributed by atoms with Gasteiger partial charge in [0.25, 0.3) is 0 Å². The van der Waals surface area contributed by atoms with Crippen molar-refractivity contribution in [2.45, 2.75) is 29.2 Å². The van der Waals surface area contributed by atoms with Crippen LogP contribution in [0.3, 0.4) is 0 Å². The highest BCUT2D eigenvalue weighted by Crippen LogP contribution is 2.22. The van der Waals surface area contributed by atoms with Crippen LogP contribution in [0.2, 0.25) is 0 Å². The molecule has 0 unspecified atom stereocenters. The molecule has 0 spiro atoms. The van der Waals surface area contributed by atoms with Crippen molar-refractivity contribution in [2.75, 3.05) is 24.2 Å². The van der Waals surface area contributed by atoms with Crippen LogP contribution in [0.4, 0.5) is 5.69 Å². The first-order valence-corrected chi connectivity index (χ1v) is 10.9. The second-order valence-electron chi connectivity index (χ2n) is 6.00. The van der Waals surface area contributed by atoms with E-state index in [1.165, 1.54) is 22.3 Å². The molecule has 1 aliphatic heterocycles. The maximum atomic E-state index is 12.6. The van der Waals surface area contributed by atoms with Gasteiger partial charge in [0.05, 0.1) is 10.8 Å². The van der Waals surface area contributed by atoms with Gasteiger partial charge in [0.15, 0.2) is 0 Å². The lowest BCUT2D eigenvalue weighted by Gasteiger charge is -2.25. The van der Waals surface area contributed by atoms with Crippen LogP contribution in [0.25, 0.3) is 0 Å². The number of anilines is 1. The molecule has 0 aliphatic carbocycles. The molecule has 2 heterocycles. The van der Waals surface area contributed by atoms with Crippen molar-refractivity contribution in [1.29, 1.82) is 0 Å². The molecule has 0 saturated carbocycles. The summed E-state index contributed by atoms with van der Waals surface area (Å²) in [5, 5.41) is 3.42. The SMILES string of the molecule is O=C(CSc1ccc(S(=O)(=O)N2CCCCC2)cn1)Nc1ccccc1. The van der Waals surface area contributed by atoms with Gasteiger partial charge >= 0.3 is 0 Å². The Morgan fingerprint density at radius 3 is 2.46 bits per heavy atom. The Balaban J connectivity index is 1.56. The topological polar surface area (TPSA) is 79.4 Å². The van der Waals surface area contributed by atoms with Gasteiger partial charge in [0.2, 0.25) is 15.9 Å². The molecule has 2 aromatic rings. The largest absolute Gasteiger partial charge is 0.325 e. The van der Waals surface area contributed by atoms with Gasteiger partial charge in [-0.15, -0.1) is 0 Å². The highest BCUT2D eigenvalue weighted by molar-refractivity contribution is 7.99. The van der Waals surface area contributed by atoms with Crippen molar-refractivity contribution in [2.24, 2.45) is 0 Å². The van der Waals surface area contributed by atoms with Gasteiger partial charge < -0.3 is 5.32 Å². The minimum Gasteiger partial charge on any atom is -0.325 e. The number of thioether (sulfide) groups is 1. The third-order valence-corrected chi connectivity index (χ3v) is 6.90. The number of hydrogen-bond acceptors (Lipinski definition) is 5. The highest BCUT2D eigenvalue weighted by atomic mass is 32.2. The molecule has 6 nitrogen and oxygen atoms in total. The first-order chi connectivity index (χ1) is 12.6. The molecule has 0 atom stereocenters. The maximum Gasteiger partial charge on any atom is 0.244 e. The average Bonchev–Trinajstić information content (AvgIpc) is 2.68. The molecule has 138 valence electrons. The number of para-hydroxylation sites is 1. The highest BCUT2D eigenvalue weighted by Gasteiger charge is 2.26. The maximum absolute atomic E-state index is 12.6. The fraction of sp³-hybridized carbons (Fsp3) is 0.333. The molecule has 1 aromatic heterocycles. The average molecular weight is 392 g/mol. The first kappa shape index (κ1) is 18.9. The Morgan fingerprint density at radius 2 is 1.81 bits per heavy atom.